The van der Waals surface area contributed by atoms with E-state index in [1.165, 1.54) is 19.3 Å². The van der Waals surface area contributed by atoms with Gasteiger partial charge in [0.05, 0.1) is 0 Å². The van der Waals surface area contributed by atoms with Crippen molar-refractivity contribution in [2.24, 2.45) is 5.92 Å². The second-order valence-corrected chi connectivity index (χ2v) is 4.36. The number of carbonyl (C=O) groups is 1. The van der Waals surface area contributed by atoms with Gasteiger partial charge in [0.15, 0.2) is 0 Å². The molecule has 13 heavy (non-hydrogen) atoms. The van der Waals surface area contributed by atoms with Gasteiger partial charge >= 0.3 is 6.16 Å². The molecule has 1 unspecified atom stereocenters. The van der Waals surface area contributed by atoms with Crippen LogP contribution >= 0.6 is 22.6 Å². The monoisotopic (exact) mass is 298 g/mol. The van der Waals surface area contributed by atoms with E-state index < -0.39 is 6.16 Å². The molecule has 1 aliphatic rings. The van der Waals surface area contributed by atoms with Crippen LogP contribution in [0, 0.1) is 5.92 Å². The van der Waals surface area contributed by atoms with Crippen molar-refractivity contribution >= 4 is 28.7 Å². The van der Waals surface area contributed by atoms with Crippen LogP contribution < -0.4 is 0 Å². The van der Waals surface area contributed by atoms with Crippen molar-refractivity contribution < 1.29 is 14.6 Å². The van der Waals surface area contributed by atoms with Crippen LogP contribution in [0.3, 0.4) is 0 Å². The molecule has 0 aromatic rings. The molecular weight excluding hydrogens is 283 g/mol. The summed E-state index contributed by atoms with van der Waals surface area (Å²) in [4.78, 5) is 10.4. The van der Waals surface area contributed by atoms with E-state index in [2.05, 4.69) is 22.6 Å². The summed E-state index contributed by atoms with van der Waals surface area (Å²) >= 11 is 2.20. The first-order valence-electron chi connectivity index (χ1n) is 4.69. The summed E-state index contributed by atoms with van der Waals surface area (Å²) in [6, 6.07) is 0. The maximum absolute atomic E-state index is 10.4. The second-order valence-electron chi connectivity index (χ2n) is 3.47. The first-order valence-corrected chi connectivity index (χ1v) is 6.22. The lowest BCUT2D eigenvalue weighted by Crippen LogP contribution is -2.29. The summed E-state index contributed by atoms with van der Waals surface area (Å²) in [6.07, 6.45) is 4.77. The maximum Gasteiger partial charge on any atom is 0.506 e. The van der Waals surface area contributed by atoms with Crippen molar-refractivity contribution in [2.45, 2.75) is 38.2 Å². The molecule has 0 aromatic heterocycles. The fourth-order valence-corrected chi connectivity index (χ4v) is 2.79. The number of rotatable bonds is 3. The summed E-state index contributed by atoms with van der Waals surface area (Å²) in [7, 11) is 0. The molecule has 3 nitrogen and oxygen atoms in total. The highest BCUT2D eigenvalue weighted by atomic mass is 127. The Morgan fingerprint density at radius 2 is 2.08 bits per heavy atom. The summed E-state index contributed by atoms with van der Waals surface area (Å²) in [5, 5.41) is 8.52. The van der Waals surface area contributed by atoms with Gasteiger partial charge in [-0.3, -0.25) is 0 Å². The second kappa shape index (κ2) is 5.67. The number of hydrogen-bond acceptors (Lipinski definition) is 2. The number of carboxylic acid groups (broad SMARTS) is 1. The lowest BCUT2D eigenvalue weighted by Gasteiger charge is -2.27. The zero-order valence-corrected chi connectivity index (χ0v) is 9.70. The third kappa shape index (κ3) is 3.70. The summed E-state index contributed by atoms with van der Waals surface area (Å²) in [6.45, 7) is 0. The van der Waals surface area contributed by atoms with E-state index in [4.69, 9.17) is 9.84 Å². The first-order chi connectivity index (χ1) is 6.24. The molecule has 0 radical (unpaired) electrons. The molecular formula is C9H15IO3. The molecule has 1 N–H and O–H groups in total. The third-order valence-corrected chi connectivity index (χ3v) is 3.45. The van der Waals surface area contributed by atoms with Crippen LogP contribution in [0.15, 0.2) is 0 Å². The predicted molar refractivity (Wildman–Crippen MR) is 58.4 cm³/mol. The first kappa shape index (κ1) is 11.1. The summed E-state index contributed by atoms with van der Waals surface area (Å²) in [5.41, 5.74) is 0. The van der Waals surface area contributed by atoms with Crippen molar-refractivity contribution in [3.8, 4) is 0 Å². The molecule has 1 saturated carbocycles. The third-order valence-electron chi connectivity index (χ3n) is 2.58. The van der Waals surface area contributed by atoms with E-state index in [-0.39, 0.29) is 6.10 Å². The van der Waals surface area contributed by atoms with Crippen LogP contribution in [0.2, 0.25) is 0 Å². The minimum atomic E-state index is -1.13. The quantitative estimate of drug-likeness (QED) is 0.495. The number of ether oxygens (including phenoxy) is 1. The average Bonchev–Trinajstić information content (AvgIpc) is 2.15. The van der Waals surface area contributed by atoms with Crippen molar-refractivity contribution in [1.29, 1.82) is 0 Å². The van der Waals surface area contributed by atoms with Gasteiger partial charge in [0.2, 0.25) is 0 Å². The van der Waals surface area contributed by atoms with Crippen LogP contribution in [0.5, 0.6) is 0 Å². The Bertz CT molecular complexity index is 166. The molecule has 0 amide bonds. The normalized spacial score (nSPS) is 21.0. The van der Waals surface area contributed by atoms with Crippen molar-refractivity contribution in [2.75, 3.05) is 4.43 Å². The molecule has 4 heteroatoms. The number of halogens is 1. The average molecular weight is 298 g/mol. The van der Waals surface area contributed by atoms with Gasteiger partial charge in [0.1, 0.15) is 6.10 Å². The molecule has 0 aromatic carbocycles. The van der Waals surface area contributed by atoms with Crippen LogP contribution in [0.4, 0.5) is 4.79 Å². The minimum Gasteiger partial charge on any atom is -0.450 e. The largest absolute Gasteiger partial charge is 0.506 e. The van der Waals surface area contributed by atoms with Gasteiger partial charge in [0, 0.05) is 4.43 Å². The fraction of sp³-hybridized carbons (Fsp3) is 0.889. The Morgan fingerprint density at radius 1 is 1.46 bits per heavy atom. The molecule has 0 spiro atoms. The Kier molecular flexibility index (Phi) is 4.83. The SMILES string of the molecule is O=C(O)OC(CI)C1CCCCC1. The van der Waals surface area contributed by atoms with Crippen molar-refractivity contribution in [3.05, 3.63) is 0 Å². The van der Waals surface area contributed by atoms with Crippen LogP contribution in [0.1, 0.15) is 32.1 Å². The molecule has 0 saturated heterocycles. The van der Waals surface area contributed by atoms with Gasteiger partial charge in [-0.05, 0) is 18.8 Å². The molecule has 1 fully saturated rings. The van der Waals surface area contributed by atoms with Crippen LogP contribution in [-0.2, 0) is 4.74 Å². The zero-order valence-electron chi connectivity index (χ0n) is 7.54. The standard InChI is InChI=1S/C9H15IO3/c10-6-8(13-9(11)12)7-4-2-1-3-5-7/h7-8H,1-6H2,(H,11,12). The molecule has 1 atom stereocenters. The van der Waals surface area contributed by atoms with Crippen molar-refractivity contribution in [1.82, 2.24) is 0 Å². The predicted octanol–water partition coefficient (Wildman–Crippen LogP) is 3.06. The Labute approximate surface area is 92.0 Å². The van der Waals surface area contributed by atoms with E-state index in [1.807, 2.05) is 0 Å². The van der Waals surface area contributed by atoms with Crippen LogP contribution in [0.25, 0.3) is 0 Å². The lowest BCUT2D eigenvalue weighted by molar-refractivity contribution is 0.0282. The van der Waals surface area contributed by atoms with Gasteiger partial charge in [-0.25, -0.2) is 4.79 Å². The minimum absolute atomic E-state index is 0.0848. The molecule has 1 rings (SSSR count). The van der Waals surface area contributed by atoms with E-state index in [9.17, 15) is 4.79 Å². The molecule has 76 valence electrons. The Hall–Kier alpha value is 0. The van der Waals surface area contributed by atoms with Gasteiger partial charge in [-0.1, -0.05) is 41.9 Å². The molecule has 1 aliphatic carbocycles. The maximum atomic E-state index is 10.4. The van der Waals surface area contributed by atoms with E-state index in [0.29, 0.717) is 5.92 Å². The lowest BCUT2D eigenvalue weighted by atomic mass is 9.86. The van der Waals surface area contributed by atoms with E-state index >= 15 is 0 Å². The summed E-state index contributed by atoms with van der Waals surface area (Å²) < 4.78 is 5.62. The summed E-state index contributed by atoms with van der Waals surface area (Å²) in [5.74, 6) is 0.460. The van der Waals surface area contributed by atoms with Gasteiger partial charge in [0.25, 0.3) is 0 Å². The van der Waals surface area contributed by atoms with E-state index in [1.54, 1.807) is 0 Å². The van der Waals surface area contributed by atoms with E-state index in [0.717, 1.165) is 17.3 Å². The topological polar surface area (TPSA) is 46.5 Å². The highest BCUT2D eigenvalue weighted by molar-refractivity contribution is 14.1. The zero-order chi connectivity index (χ0) is 9.68. The highest BCUT2D eigenvalue weighted by Gasteiger charge is 2.25. The smallest absolute Gasteiger partial charge is 0.450 e. The molecule has 0 bridgehead atoms. The molecule has 0 aliphatic heterocycles. The Morgan fingerprint density at radius 3 is 2.54 bits per heavy atom. The number of hydrogen-bond donors (Lipinski definition) is 1. The molecule has 0 heterocycles. The van der Waals surface area contributed by atoms with Gasteiger partial charge in [-0.15, -0.1) is 0 Å². The van der Waals surface area contributed by atoms with Gasteiger partial charge < -0.3 is 9.84 Å². The van der Waals surface area contributed by atoms with Crippen LogP contribution in [-0.4, -0.2) is 21.8 Å². The fourth-order valence-electron chi connectivity index (χ4n) is 1.89. The number of alkyl halides is 1. The van der Waals surface area contributed by atoms with Crippen molar-refractivity contribution in [3.63, 3.8) is 0 Å². The van der Waals surface area contributed by atoms with Gasteiger partial charge in [-0.2, -0.15) is 0 Å². The Balaban J connectivity index is 2.39. The highest BCUT2D eigenvalue weighted by Crippen LogP contribution is 2.28.